The van der Waals surface area contributed by atoms with Crippen LogP contribution in [0.15, 0.2) is 0 Å². The molecule has 1 heterocycles. The zero-order chi connectivity index (χ0) is 9.84. The van der Waals surface area contributed by atoms with Crippen molar-refractivity contribution >= 4 is 5.91 Å². The van der Waals surface area contributed by atoms with Crippen molar-refractivity contribution in [1.29, 1.82) is 0 Å². The van der Waals surface area contributed by atoms with E-state index in [0.717, 1.165) is 32.6 Å². The quantitative estimate of drug-likeness (QED) is 0.631. The maximum atomic E-state index is 11.0. The molecular weight excluding hydrogens is 166 g/mol. The van der Waals surface area contributed by atoms with Crippen LogP contribution in [0, 0.1) is 0 Å². The van der Waals surface area contributed by atoms with Crippen molar-refractivity contribution in [3.8, 4) is 0 Å². The van der Waals surface area contributed by atoms with Gasteiger partial charge in [0.1, 0.15) is 0 Å². The summed E-state index contributed by atoms with van der Waals surface area (Å²) in [7, 11) is 2.11. The number of likely N-dealkylation sites (N-methyl/N-ethyl adjacent to an activating group) is 1. The van der Waals surface area contributed by atoms with E-state index in [-0.39, 0.29) is 11.9 Å². The van der Waals surface area contributed by atoms with Crippen LogP contribution in [-0.2, 0) is 4.79 Å². The summed E-state index contributed by atoms with van der Waals surface area (Å²) >= 11 is 0. The average Bonchev–Trinajstić information content (AvgIpc) is 2.28. The molecule has 0 aromatic heterocycles. The van der Waals surface area contributed by atoms with E-state index in [9.17, 15) is 4.79 Å². The van der Waals surface area contributed by atoms with Gasteiger partial charge in [0, 0.05) is 19.6 Å². The molecule has 0 spiro atoms. The van der Waals surface area contributed by atoms with Crippen LogP contribution in [-0.4, -0.2) is 55.0 Å². The van der Waals surface area contributed by atoms with Crippen molar-refractivity contribution in [2.24, 2.45) is 5.73 Å². The first kappa shape index (κ1) is 10.5. The number of primary amides is 1. The van der Waals surface area contributed by atoms with E-state index in [1.54, 1.807) is 0 Å². The first-order chi connectivity index (χ1) is 6.11. The van der Waals surface area contributed by atoms with Crippen LogP contribution in [0.2, 0.25) is 0 Å². The highest BCUT2D eigenvalue weighted by Gasteiger charge is 2.20. The van der Waals surface area contributed by atoms with Crippen LogP contribution >= 0.6 is 0 Å². The topological polar surface area (TPSA) is 49.6 Å². The van der Waals surface area contributed by atoms with Gasteiger partial charge < -0.3 is 10.6 Å². The average molecular weight is 185 g/mol. The molecule has 1 aliphatic heterocycles. The van der Waals surface area contributed by atoms with Gasteiger partial charge in [-0.25, -0.2) is 0 Å². The minimum absolute atomic E-state index is 0.119. The molecule has 2 N–H and O–H groups in total. The lowest BCUT2D eigenvalue weighted by Gasteiger charge is -2.24. The Labute approximate surface area is 79.7 Å². The zero-order valence-corrected chi connectivity index (χ0v) is 8.49. The van der Waals surface area contributed by atoms with Gasteiger partial charge in [-0.15, -0.1) is 0 Å². The van der Waals surface area contributed by atoms with Crippen LogP contribution in [0.3, 0.4) is 0 Å². The molecule has 1 rings (SSSR count). The number of rotatable bonds is 2. The van der Waals surface area contributed by atoms with Crippen LogP contribution in [0.4, 0.5) is 0 Å². The third-order valence-electron chi connectivity index (χ3n) is 2.71. The maximum Gasteiger partial charge on any atom is 0.234 e. The summed E-state index contributed by atoms with van der Waals surface area (Å²) in [4.78, 5) is 15.4. The number of carbonyl (C=O) groups is 1. The molecule has 1 atom stereocenters. The van der Waals surface area contributed by atoms with E-state index in [1.807, 2.05) is 6.92 Å². The van der Waals surface area contributed by atoms with Crippen LogP contribution < -0.4 is 5.73 Å². The monoisotopic (exact) mass is 185 g/mol. The normalized spacial score (nSPS) is 23.8. The summed E-state index contributed by atoms with van der Waals surface area (Å²) < 4.78 is 0. The maximum absolute atomic E-state index is 11.0. The molecule has 1 saturated heterocycles. The number of hydrogen-bond acceptors (Lipinski definition) is 3. The first-order valence-electron chi connectivity index (χ1n) is 4.83. The fraction of sp³-hybridized carbons (Fsp3) is 0.889. The molecule has 0 bridgehead atoms. The highest BCUT2D eigenvalue weighted by Crippen LogP contribution is 2.05. The molecule has 0 aromatic rings. The first-order valence-corrected chi connectivity index (χ1v) is 4.83. The summed E-state index contributed by atoms with van der Waals surface area (Å²) in [5, 5.41) is 0. The number of nitrogens with zero attached hydrogens (tertiary/aromatic N) is 2. The van der Waals surface area contributed by atoms with Gasteiger partial charge in [-0.2, -0.15) is 0 Å². The second-order valence-electron chi connectivity index (χ2n) is 3.77. The lowest BCUT2D eigenvalue weighted by molar-refractivity contribution is -0.122. The molecule has 0 radical (unpaired) electrons. The molecule has 4 heteroatoms. The van der Waals surface area contributed by atoms with Crippen molar-refractivity contribution in [1.82, 2.24) is 9.80 Å². The standard InChI is InChI=1S/C9H19N3O/c1-8(9(10)13)12-5-3-4-11(2)6-7-12/h8H,3-7H2,1-2H3,(H2,10,13). The highest BCUT2D eigenvalue weighted by atomic mass is 16.1. The van der Waals surface area contributed by atoms with Crippen LogP contribution in [0.1, 0.15) is 13.3 Å². The van der Waals surface area contributed by atoms with Gasteiger partial charge in [0.2, 0.25) is 5.91 Å². The molecular formula is C9H19N3O. The molecule has 0 aromatic carbocycles. The molecule has 0 aliphatic carbocycles. The van der Waals surface area contributed by atoms with Gasteiger partial charge in [-0.05, 0) is 26.9 Å². The SMILES string of the molecule is CC(C(N)=O)N1CCCN(C)CC1. The Kier molecular flexibility index (Phi) is 3.69. The molecule has 1 unspecified atom stereocenters. The van der Waals surface area contributed by atoms with Crippen molar-refractivity contribution in [3.63, 3.8) is 0 Å². The van der Waals surface area contributed by atoms with E-state index in [1.165, 1.54) is 0 Å². The largest absolute Gasteiger partial charge is 0.368 e. The fourth-order valence-electron chi connectivity index (χ4n) is 1.63. The lowest BCUT2D eigenvalue weighted by atomic mass is 10.2. The number of nitrogens with two attached hydrogens (primary N) is 1. The molecule has 0 saturated carbocycles. The highest BCUT2D eigenvalue weighted by molar-refractivity contribution is 5.79. The van der Waals surface area contributed by atoms with Crippen molar-refractivity contribution < 1.29 is 4.79 Å². The lowest BCUT2D eigenvalue weighted by Crippen LogP contribution is -2.44. The van der Waals surface area contributed by atoms with E-state index >= 15 is 0 Å². The van der Waals surface area contributed by atoms with E-state index in [0.29, 0.717) is 0 Å². The summed E-state index contributed by atoms with van der Waals surface area (Å²) in [6, 6.07) is -0.119. The summed E-state index contributed by atoms with van der Waals surface area (Å²) in [5.74, 6) is -0.218. The Morgan fingerprint density at radius 2 is 2.00 bits per heavy atom. The minimum atomic E-state index is -0.218. The molecule has 1 fully saturated rings. The molecule has 1 aliphatic rings. The van der Waals surface area contributed by atoms with Crippen molar-refractivity contribution in [3.05, 3.63) is 0 Å². The second kappa shape index (κ2) is 4.58. The molecule has 76 valence electrons. The van der Waals surface area contributed by atoms with Gasteiger partial charge in [0.25, 0.3) is 0 Å². The van der Waals surface area contributed by atoms with Gasteiger partial charge in [0.15, 0.2) is 0 Å². The Morgan fingerprint density at radius 3 is 2.62 bits per heavy atom. The van der Waals surface area contributed by atoms with Crippen molar-refractivity contribution in [2.75, 3.05) is 33.2 Å². The third kappa shape index (κ3) is 2.97. The smallest absolute Gasteiger partial charge is 0.234 e. The van der Waals surface area contributed by atoms with Gasteiger partial charge in [-0.3, -0.25) is 9.69 Å². The Balaban J connectivity index is 2.46. The Hall–Kier alpha value is -0.610. The summed E-state index contributed by atoms with van der Waals surface area (Å²) in [6.45, 7) is 5.95. The summed E-state index contributed by atoms with van der Waals surface area (Å²) in [6.07, 6.45) is 1.12. The Morgan fingerprint density at radius 1 is 1.31 bits per heavy atom. The minimum Gasteiger partial charge on any atom is -0.368 e. The predicted octanol–water partition coefficient (Wildman–Crippen LogP) is -0.502. The van der Waals surface area contributed by atoms with Gasteiger partial charge >= 0.3 is 0 Å². The zero-order valence-electron chi connectivity index (χ0n) is 8.49. The number of carbonyl (C=O) groups excluding carboxylic acids is 1. The Bertz CT molecular complexity index is 184. The third-order valence-corrected chi connectivity index (χ3v) is 2.71. The van der Waals surface area contributed by atoms with Gasteiger partial charge in [-0.1, -0.05) is 0 Å². The second-order valence-corrected chi connectivity index (χ2v) is 3.77. The van der Waals surface area contributed by atoms with E-state index in [4.69, 9.17) is 5.73 Å². The van der Waals surface area contributed by atoms with Crippen LogP contribution in [0.25, 0.3) is 0 Å². The van der Waals surface area contributed by atoms with Crippen LogP contribution in [0.5, 0.6) is 0 Å². The van der Waals surface area contributed by atoms with Gasteiger partial charge in [0.05, 0.1) is 6.04 Å². The molecule has 4 nitrogen and oxygen atoms in total. The number of amides is 1. The van der Waals surface area contributed by atoms with Crippen molar-refractivity contribution in [2.45, 2.75) is 19.4 Å². The van der Waals surface area contributed by atoms with E-state index in [2.05, 4.69) is 16.8 Å². The molecule has 13 heavy (non-hydrogen) atoms. The molecule has 1 amide bonds. The number of hydrogen-bond donors (Lipinski definition) is 1. The summed E-state index contributed by atoms with van der Waals surface area (Å²) in [5.41, 5.74) is 5.26. The predicted molar refractivity (Wildman–Crippen MR) is 52.3 cm³/mol. The van der Waals surface area contributed by atoms with E-state index < -0.39 is 0 Å². The fourth-order valence-corrected chi connectivity index (χ4v) is 1.63.